The molecular weight excluding hydrogens is 787 g/mol. The molecule has 1 aromatic heterocycles. The van der Waals surface area contributed by atoms with E-state index in [0.29, 0.717) is 53.5 Å². The second-order valence-corrected chi connectivity index (χ2v) is 15.8. The van der Waals surface area contributed by atoms with Crippen molar-refractivity contribution in [3.05, 3.63) is 165 Å². The van der Waals surface area contributed by atoms with Gasteiger partial charge in [-0.15, -0.1) is 0 Å². The van der Waals surface area contributed by atoms with E-state index in [-0.39, 0.29) is 24.5 Å². The number of halogens is 2. The molecule has 6 aromatic rings. The van der Waals surface area contributed by atoms with E-state index in [4.69, 9.17) is 37.4 Å². The normalized spacial score (nSPS) is 17.1. The fourth-order valence-corrected chi connectivity index (χ4v) is 8.31. The zero-order valence-corrected chi connectivity index (χ0v) is 34.2. The molecule has 5 aromatic carbocycles. The number of aliphatic carboxylic acids is 1. The van der Waals surface area contributed by atoms with Crippen molar-refractivity contribution in [3.8, 4) is 28.5 Å². The summed E-state index contributed by atoms with van der Waals surface area (Å²) in [7, 11) is 1.87. The quantitative estimate of drug-likeness (QED) is 0.119. The molecule has 0 saturated heterocycles. The van der Waals surface area contributed by atoms with E-state index in [0.717, 1.165) is 51.1 Å². The predicted octanol–water partition coefficient (Wildman–Crippen LogP) is 9.18. The van der Waals surface area contributed by atoms with Gasteiger partial charge in [0, 0.05) is 32.3 Å². The Balaban J connectivity index is 0.994. The van der Waals surface area contributed by atoms with Gasteiger partial charge in [0.1, 0.15) is 25.0 Å². The van der Waals surface area contributed by atoms with E-state index in [1.807, 2.05) is 98.0 Å². The Morgan fingerprint density at radius 3 is 2.34 bits per heavy atom. The number of carboxylic acids is 1. The van der Waals surface area contributed by atoms with E-state index in [2.05, 4.69) is 34.4 Å². The van der Waals surface area contributed by atoms with Crippen LogP contribution in [0.2, 0.25) is 10.0 Å². The average molecular weight is 832 g/mol. The highest BCUT2D eigenvalue weighted by molar-refractivity contribution is 6.42. The number of carbonyl (C=O) groups excluding carboxylic acids is 1. The summed E-state index contributed by atoms with van der Waals surface area (Å²) in [4.78, 5) is 29.2. The monoisotopic (exact) mass is 830 g/mol. The first-order valence-electron chi connectivity index (χ1n) is 19.7. The van der Waals surface area contributed by atoms with Crippen molar-refractivity contribution in [1.29, 1.82) is 0 Å². The number of carboxylic acid groups (broad SMARTS) is 1. The fourth-order valence-electron chi connectivity index (χ4n) is 7.99. The van der Waals surface area contributed by atoms with Crippen molar-refractivity contribution in [1.82, 2.24) is 20.0 Å². The van der Waals surface area contributed by atoms with Crippen molar-refractivity contribution in [3.63, 3.8) is 0 Å². The zero-order valence-electron chi connectivity index (χ0n) is 32.7. The van der Waals surface area contributed by atoms with Crippen LogP contribution in [0.25, 0.3) is 11.3 Å². The van der Waals surface area contributed by atoms with E-state index < -0.39 is 18.1 Å². The van der Waals surface area contributed by atoms with Crippen LogP contribution in [0.5, 0.6) is 17.2 Å². The molecule has 0 aliphatic carbocycles. The van der Waals surface area contributed by atoms with E-state index in [1.54, 1.807) is 23.0 Å². The van der Waals surface area contributed by atoms with Crippen LogP contribution in [-0.4, -0.2) is 50.4 Å². The number of nitrogens with zero attached hydrogens (tertiary/aromatic N) is 3. The highest BCUT2D eigenvalue weighted by Crippen LogP contribution is 2.42. The summed E-state index contributed by atoms with van der Waals surface area (Å²) in [6.07, 6.45) is 2.66. The average Bonchev–Trinajstić information content (AvgIpc) is 3.69. The van der Waals surface area contributed by atoms with Gasteiger partial charge in [-0.2, -0.15) is 5.10 Å². The lowest BCUT2D eigenvalue weighted by molar-refractivity contribution is -0.143. The number of fused-ring (bicyclic) bond motifs is 2. The summed E-state index contributed by atoms with van der Waals surface area (Å²) < 4.78 is 20.6. The van der Waals surface area contributed by atoms with Gasteiger partial charge in [-0.1, -0.05) is 103 Å². The number of ether oxygens (including phenoxy) is 3. The Hall–Kier alpha value is -5.81. The molecule has 0 unspecified atom stereocenters. The number of aromatic nitrogens is 2. The van der Waals surface area contributed by atoms with Crippen LogP contribution in [0.15, 0.2) is 121 Å². The van der Waals surface area contributed by atoms with Crippen LogP contribution >= 0.6 is 23.2 Å². The Morgan fingerprint density at radius 1 is 0.898 bits per heavy atom. The van der Waals surface area contributed by atoms with Crippen LogP contribution in [0, 0.1) is 0 Å². The summed E-state index contributed by atoms with van der Waals surface area (Å²) in [5, 5.41) is 18.5. The third-order valence-electron chi connectivity index (χ3n) is 11.1. The maximum atomic E-state index is 14.4. The van der Waals surface area contributed by atoms with E-state index >= 15 is 0 Å². The van der Waals surface area contributed by atoms with Crippen molar-refractivity contribution in [2.75, 3.05) is 6.61 Å². The maximum absolute atomic E-state index is 14.4. The molecule has 59 heavy (non-hydrogen) atoms. The number of hydrogen-bond acceptors (Lipinski definition) is 7. The number of amides is 1. The largest absolute Gasteiger partial charge is 0.489 e. The van der Waals surface area contributed by atoms with Gasteiger partial charge >= 0.3 is 5.97 Å². The molecule has 0 fully saturated rings. The van der Waals surface area contributed by atoms with Gasteiger partial charge in [-0.25, -0.2) is 4.79 Å². The number of nitrogens with one attached hydrogen (secondary N) is 1. The van der Waals surface area contributed by atoms with Gasteiger partial charge in [0.05, 0.1) is 21.8 Å². The van der Waals surface area contributed by atoms with Crippen LogP contribution < -0.4 is 19.5 Å². The molecule has 2 aliphatic heterocycles. The molecule has 0 spiro atoms. The molecule has 0 saturated carbocycles. The Labute approximate surface area is 353 Å². The molecule has 12 heteroatoms. The molecule has 0 radical (unpaired) electrons. The molecule has 2 N–H and O–H groups in total. The van der Waals surface area contributed by atoms with Gasteiger partial charge in [-0.3, -0.25) is 14.4 Å². The van der Waals surface area contributed by atoms with Crippen LogP contribution in [0.4, 0.5) is 0 Å². The third-order valence-corrected chi connectivity index (χ3v) is 11.9. The van der Waals surface area contributed by atoms with Crippen LogP contribution in [0.1, 0.15) is 58.9 Å². The van der Waals surface area contributed by atoms with E-state index in [1.165, 1.54) is 0 Å². The minimum absolute atomic E-state index is 0.0960. The van der Waals surface area contributed by atoms with E-state index in [9.17, 15) is 14.7 Å². The smallest absolute Gasteiger partial charge is 0.326 e. The lowest BCUT2D eigenvalue weighted by Crippen LogP contribution is -2.55. The lowest BCUT2D eigenvalue weighted by Gasteiger charge is -2.42. The highest BCUT2D eigenvalue weighted by Gasteiger charge is 2.39. The fraction of sp³-hybridized carbons (Fsp3) is 0.255. The third kappa shape index (κ3) is 8.95. The summed E-state index contributed by atoms with van der Waals surface area (Å²) in [6, 6.07) is 35.1. The summed E-state index contributed by atoms with van der Waals surface area (Å²) in [5.74, 6) is 0.534. The van der Waals surface area contributed by atoms with Gasteiger partial charge in [0.15, 0.2) is 17.6 Å². The second kappa shape index (κ2) is 17.6. The molecule has 8 rings (SSSR count). The molecule has 2 aliphatic rings. The topological polar surface area (TPSA) is 115 Å². The van der Waals surface area contributed by atoms with Gasteiger partial charge in [-0.05, 0) is 94.3 Å². The second-order valence-electron chi connectivity index (χ2n) is 15.0. The first kappa shape index (κ1) is 40.0. The number of rotatable bonds is 13. The molecule has 302 valence electrons. The standard InChI is InChI=1S/C47H44Cl2N4O6/c1-3-40(31-7-5-4-6-8-31)53-26-35-25-44-43(58-28-45(59-44)33-14-16-36(17-15-33)57-27-30-11-18-37(48)38(49)21-30)24-34(35)23-42(53)46(54)51-39(47(55)56)22-29-9-12-32(13-10-29)41-19-20-50-52(41)2/h4-21,24-25,39-40,42,45H,3,22-23,26-28H2,1-2H3,(H,51,54)(H,55,56)/t39-,40-,42-,45+/m0/s1. The number of hydrogen-bond donors (Lipinski definition) is 2. The predicted molar refractivity (Wildman–Crippen MR) is 227 cm³/mol. The first-order chi connectivity index (χ1) is 28.6. The Bertz CT molecular complexity index is 2440. The van der Waals surface area contributed by atoms with Crippen LogP contribution in [0.3, 0.4) is 0 Å². The first-order valence-corrected chi connectivity index (χ1v) is 20.4. The SMILES string of the molecule is CC[C@@H](c1ccccc1)N1Cc2cc3c(cc2C[C@H]1C(=O)N[C@@H](Cc1ccc(-c2ccnn2C)cc1)C(=O)O)OC[C@H](c1ccc(OCc2ccc(Cl)c(Cl)c2)cc1)O3. The van der Waals surface area contributed by atoms with Gasteiger partial charge in [0.25, 0.3) is 0 Å². The number of aryl methyl sites for hydroxylation is 1. The minimum Gasteiger partial charge on any atom is -0.489 e. The summed E-state index contributed by atoms with van der Waals surface area (Å²) >= 11 is 12.2. The van der Waals surface area contributed by atoms with Gasteiger partial charge < -0.3 is 24.6 Å². The highest BCUT2D eigenvalue weighted by atomic mass is 35.5. The lowest BCUT2D eigenvalue weighted by atomic mass is 9.89. The molecule has 10 nitrogen and oxygen atoms in total. The van der Waals surface area contributed by atoms with Crippen molar-refractivity contribution >= 4 is 35.1 Å². The molecule has 4 atom stereocenters. The molecule has 1 amide bonds. The van der Waals surface area contributed by atoms with Crippen LogP contribution in [-0.2, 0) is 42.6 Å². The molecular formula is C47H44Cl2N4O6. The van der Waals surface area contributed by atoms with Crippen molar-refractivity contribution < 1.29 is 28.9 Å². The number of benzene rings is 5. The maximum Gasteiger partial charge on any atom is 0.326 e. The van der Waals surface area contributed by atoms with Crippen molar-refractivity contribution in [2.45, 2.75) is 63.6 Å². The molecule has 0 bridgehead atoms. The summed E-state index contributed by atoms with van der Waals surface area (Å²) in [6.45, 7) is 3.22. The molecule has 3 heterocycles. The minimum atomic E-state index is -1.12. The number of carbonyl (C=O) groups is 2. The van der Waals surface area contributed by atoms with Crippen molar-refractivity contribution in [2.24, 2.45) is 7.05 Å². The Kier molecular flexibility index (Phi) is 11.9. The Morgan fingerprint density at radius 2 is 1.64 bits per heavy atom. The summed E-state index contributed by atoms with van der Waals surface area (Å²) in [5.41, 5.74) is 7.66. The zero-order chi connectivity index (χ0) is 41.0. The van der Waals surface area contributed by atoms with Gasteiger partial charge in [0.2, 0.25) is 5.91 Å².